The van der Waals surface area contributed by atoms with Crippen molar-refractivity contribution in [3.8, 4) is 0 Å². The maximum absolute atomic E-state index is 13.3. The molecule has 3 atom stereocenters. The first-order chi connectivity index (χ1) is 31.4. The summed E-state index contributed by atoms with van der Waals surface area (Å²) in [5.41, 5.74) is 27.6. The number of carbonyl (C=O) groups is 2. The molecule has 8 N–H and O–H groups in total. The number of hydrogen-bond acceptors (Lipinski definition) is 9. The number of rotatable bonds is 12. The van der Waals surface area contributed by atoms with Crippen LogP contribution in [0.5, 0.6) is 0 Å². The fraction of sp³-hybridized carbons (Fsp3) is 0.308. The Hall–Kier alpha value is -6.63. The van der Waals surface area contributed by atoms with E-state index in [0.717, 1.165) is 84.9 Å². The zero-order valence-electron chi connectivity index (χ0n) is 37.5. The van der Waals surface area contributed by atoms with Crippen LogP contribution in [0.4, 0.5) is 45.5 Å². The molecule has 65 heavy (non-hydrogen) atoms. The summed E-state index contributed by atoms with van der Waals surface area (Å²) in [6, 6.07) is 28.2. The van der Waals surface area contributed by atoms with Gasteiger partial charge in [0, 0.05) is 90.7 Å². The highest BCUT2D eigenvalue weighted by atomic mass is 35.5. The molecule has 2 amide bonds. The van der Waals surface area contributed by atoms with E-state index in [2.05, 4.69) is 88.6 Å². The minimum atomic E-state index is -0.300. The van der Waals surface area contributed by atoms with Crippen LogP contribution < -0.4 is 41.6 Å². The largest absolute Gasteiger partial charge is 0.399 e. The van der Waals surface area contributed by atoms with E-state index >= 15 is 0 Å². The topological polar surface area (TPSA) is 162 Å². The van der Waals surface area contributed by atoms with Gasteiger partial charge in [0.05, 0.1) is 23.1 Å². The Morgan fingerprint density at radius 1 is 0.708 bits per heavy atom. The van der Waals surface area contributed by atoms with Gasteiger partial charge in [-0.05, 0) is 124 Å². The third-order valence-electron chi connectivity index (χ3n) is 13.4. The first kappa shape index (κ1) is 43.6. The molecule has 2 aliphatic heterocycles. The lowest BCUT2D eigenvalue weighted by molar-refractivity contribution is -0.130. The Kier molecular flexibility index (Phi) is 12.1. The number of fused-ring (bicyclic) bond motifs is 4. The lowest BCUT2D eigenvalue weighted by atomic mass is 9.81. The maximum atomic E-state index is 13.3. The minimum absolute atomic E-state index is 0.0168. The number of anilines is 4. The van der Waals surface area contributed by atoms with Crippen LogP contribution in [-0.2, 0) is 9.59 Å². The van der Waals surface area contributed by atoms with Crippen LogP contribution in [0, 0.1) is 25.7 Å². The number of nitrogens with two attached hydrogens (primary N) is 2. The highest BCUT2D eigenvalue weighted by Gasteiger charge is 2.49. The van der Waals surface area contributed by atoms with Crippen LogP contribution in [0.25, 0.3) is 0 Å². The van der Waals surface area contributed by atoms with Crippen LogP contribution in [0.15, 0.2) is 142 Å². The van der Waals surface area contributed by atoms with Gasteiger partial charge in [-0.25, -0.2) is 9.98 Å². The summed E-state index contributed by atoms with van der Waals surface area (Å²) in [6.07, 6.45) is 11.1. The van der Waals surface area contributed by atoms with Gasteiger partial charge in [-0.2, -0.15) is 0 Å². The van der Waals surface area contributed by atoms with E-state index in [9.17, 15) is 9.59 Å². The number of quaternary nitrogens is 1. The van der Waals surface area contributed by atoms with Crippen molar-refractivity contribution in [2.45, 2.75) is 65.5 Å². The number of halogens is 1. The van der Waals surface area contributed by atoms with Crippen LogP contribution >= 0.6 is 11.8 Å². The van der Waals surface area contributed by atoms with E-state index < -0.39 is 0 Å². The molecule has 4 aromatic rings. The smallest absolute Gasteiger partial charge is 0.223 e. The fourth-order valence-corrected chi connectivity index (χ4v) is 10.1. The van der Waals surface area contributed by atoms with Gasteiger partial charge in [0.2, 0.25) is 11.8 Å². The summed E-state index contributed by atoms with van der Waals surface area (Å²) in [5.74, 6) is -0.136. The number of aliphatic imine (C=N–C) groups is 2. The van der Waals surface area contributed by atoms with Crippen molar-refractivity contribution in [3.63, 3.8) is 0 Å². The maximum Gasteiger partial charge on any atom is 0.223 e. The molecule has 0 bridgehead atoms. The third-order valence-corrected chi connectivity index (χ3v) is 14.0. The number of carbonyl (C=O) groups excluding carboxylic acids is 2. The van der Waals surface area contributed by atoms with Crippen molar-refractivity contribution >= 4 is 80.5 Å². The SMILES string of the molecule is CC1=CC2=Nc3cc(NCCNC(=O)C4CCC(C(=O)NCCNC5=CC6C(=Nc7cc(C)c(N)cc7[N+]6(Cl)c6ccccc6)C=C5C)CC4)c(C)cc3N(c3ccccc3)C2C=C1N. The average molecular weight is 891 g/mol. The van der Waals surface area contributed by atoms with Gasteiger partial charge in [0.15, 0.2) is 29.2 Å². The Balaban J connectivity index is 0.745. The third kappa shape index (κ3) is 8.56. The summed E-state index contributed by atoms with van der Waals surface area (Å²) in [6.45, 7) is 10.2. The van der Waals surface area contributed by atoms with E-state index in [-0.39, 0.29) is 39.7 Å². The summed E-state index contributed by atoms with van der Waals surface area (Å²) in [5, 5.41) is 13.4. The Morgan fingerprint density at radius 3 is 2.00 bits per heavy atom. The van der Waals surface area contributed by atoms with E-state index in [1.807, 2.05) is 74.5 Å². The number of aryl methyl sites for hydroxylation is 2. The van der Waals surface area contributed by atoms with Gasteiger partial charge in [-0.15, -0.1) is 4.00 Å². The van der Waals surface area contributed by atoms with Crippen molar-refractivity contribution in [2.75, 3.05) is 42.1 Å². The predicted octanol–water partition coefficient (Wildman–Crippen LogP) is 9.11. The van der Waals surface area contributed by atoms with E-state index in [0.29, 0.717) is 57.5 Å². The lowest BCUT2D eigenvalue weighted by Crippen LogP contribution is -2.51. The summed E-state index contributed by atoms with van der Waals surface area (Å²) in [4.78, 5) is 39.0. The van der Waals surface area contributed by atoms with Gasteiger partial charge in [0.25, 0.3) is 0 Å². The van der Waals surface area contributed by atoms with Gasteiger partial charge in [-0.3, -0.25) is 9.59 Å². The predicted molar refractivity (Wildman–Crippen MR) is 267 cm³/mol. The van der Waals surface area contributed by atoms with Crippen LogP contribution in [0.1, 0.15) is 50.7 Å². The molecule has 1 saturated carbocycles. The molecular formula is C52H58ClN10O2+. The van der Waals surface area contributed by atoms with Crippen molar-refractivity contribution in [2.24, 2.45) is 27.6 Å². The summed E-state index contributed by atoms with van der Waals surface area (Å²) in [7, 11) is 0. The lowest BCUT2D eigenvalue weighted by Gasteiger charge is -2.40. The fourth-order valence-electron chi connectivity index (χ4n) is 9.71. The molecule has 334 valence electrons. The van der Waals surface area contributed by atoms with Crippen LogP contribution in [0.2, 0.25) is 0 Å². The van der Waals surface area contributed by atoms with E-state index in [1.165, 1.54) is 0 Å². The highest BCUT2D eigenvalue weighted by molar-refractivity contribution is 6.30. The van der Waals surface area contributed by atoms with Gasteiger partial charge in [0.1, 0.15) is 11.4 Å². The number of nitrogens with zero attached hydrogens (tertiary/aromatic N) is 4. The molecule has 3 aliphatic carbocycles. The molecule has 2 heterocycles. The first-order valence-electron chi connectivity index (χ1n) is 22.7. The molecule has 0 spiro atoms. The second kappa shape index (κ2) is 18.1. The Bertz CT molecular complexity index is 2720. The molecule has 0 saturated heterocycles. The van der Waals surface area contributed by atoms with Crippen molar-refractivity contribution in [1.29, 1.82) is 0 Å². The number of para-hydroxylation sites is 2. The van der Waals surface area contributed by atoms with Crippen molar-refractivity contribution in [1.82, 2.24) is 20.0 Å². The zero-order chi connectivity index (χ0) is 45.4. The van der Waals surface area contributed by atoms with Crippen molar-refractivity contribution < 1.29 is 9.59 Å². The van der Waals surface area contributed by atoms with Gasteiger partial charge in [-0.1, -0.05) is 36.4 Å². The molecule has 3 unspecified atom stereocenters. The summed E-state index contributed by atoms with van der Waals surface area (Å²) >= 11 is 7.69. The zero-order valence-corrected chi connectivity index (χ0v) is 38.3. The minimum Gasteiger partial charge on any atom is -0.399 e. The highest BCUT2D eigenvalue weighted by Crippen LogP contribution is 2.52. The molecule has 9 rings (SSSR count). The number of nitrogens with one attached hydrogen (secondary N) is 4. The van der Waals surface area contributed by atoms with Crippen molar-refractivity contribution in [3.05, 3.63) is 143 Å². The molecule has 5 aliphatic rings. The molecule has 4 aromatic carbocycles. The quantitative estimate of drug-likeness (QED) is 0.0470. The Morgan fingerprint density at radius 2 is 1.32 bits per heavy atom. The number of allylic oxidation sites excluding steroid dienone is 2. The molecule has 13 heteroatoms. The Labute approximate surface area is 386 Å². The van der Waals surface area contributed by atoms with Gasteiger partial charge < -0.3 is 37.6 Å². The molecule has 0 radical (unpaired) electrons. The standard InChI is InChI=1S/C52H57ClN10O2/c1-31-23-43-48(27-39(31)54)62(37-11-7-5-8-12-37)47-26-34(4)41(29-44(47)60-43)56-19-21-58-51(64)35-15-17-36(18-16-35)52(65)59-22-20-57-42-30-50-46(25-33(42)3)61-45-24-32(2)40(55)28-49(45)63(50,53)38-13-9-6-10-14-38/h5-14,23-30,35-36,48,50,56-57H,15-22,54-55H2,1-4H3,(H-,58,59,64,65)/p+1. The molecule has 0 aromatic heterocycles. The second-order valence-electron chi connectivity index (χ2n) is 17.8. The number of hydrogen-bond donors (Lipinski definition) is 6. The van der Waals surface area contributed by atoms with E-state index in [1.54, 1.807) is 0 Å². The van der Waals surface area contributed by atoms with Gasteiger partial charge >= 0.3 is 0 Å². The molecular weight excluding hydrogens is 832 g/mol. The first-order valence-corrected chi connectivity index (χ1v) is 23.0. The van der Waals surface area contributed by atoms with Crippen LogP contribution in [-0.4, -0.2) is 61.5 Å². The summed E-state index contributed by atoms with van der Waals surface area (Å²) < 4.78 is -0.0168. The number of benzene rings is 4. The monoisotopic (exact) mass is 889 g/mol. The molecule has 12 nitrogen and oxygen atoms in total. The number of nitrogen functional groups attached to an aromatic ring is 1. The van der Waals surface area contributed by atoms with E-state index in [4.69, 9.17) is 33.2 Å². The second-order valence-corrected chi connectivity index (χ2v) is 18.4. The molecule has 1 fully saturated rings. The number of amides is 2. The average Bonchev–Trinajstić information content (AvgIpc) is 3.31. The van der Waals surface area contributed by atoms with Crippen LogP contribution in [0.3, 0.4) is 0 Å². The normalized spacial score (nSPS) is 23.1.